The minimum absolute atomic E-state index is 0.356. The number of hydrogen-bond acceptors (Lipinski definition) is 7. The molecule has 7 nitrogen and oxygen atoms in total. The van der Waals surface area contributed by atoms with Crippen LogP contribution in [-0.2, 0) is 9.31 Å². The monoisotopic (exact) mass is 347 g/mol. The molecule has 1 aromatic heterocycles. The lowest BCUT2D eigenvalue weighted by Crippen LogP contribution is -2.47. The van der Waals surface area contributed by atoms with Crippen LogP contribution >= 0.6 is 0 Å². The van der Waals surface area contributed by atoms with Crippen LogP contribution in [0, 0.1) is 0 Å². The van der Waals surface area contributed by atoms with Crippen molar-refractivity contribution in [1.82, 2.24) is 15.3 Å². The van der Waals surface area contributed by atoms with Gasteiger partial charge in [0.15, 0.2) is 0 Å². The van der Waals surface area contributed by atoms with Gasteiger partial charge in [0.1, 0.15) is 0 Å². The first-order valence-corrected chi connectivity index (χ1v) is 9.18. The third-order valence-electron chi connectivity index (χ3n) is 5.47. The molecule has 25 heavy (non-hydrogen) atoms. The van der Waals surface area contributed by atoms with Crippen LogP contribution in [0.25, 0.3) is 0 Å². The second-order valence-corrected chi connectivity index (χ2v) is 7.93. The number of nitrogens with two attached hydrogens (primary N) is 1. The second kappa shape index (κ2) is 7.19. The van der Waals surface area contributed by atoms with Gasteiger partial charge in [0.25, 0.3) is 0 Å². The van der Waals surface area contributed by atoms with E-state index in [0.29, 0.717) is 12.6 Å². The quantitative estimate of drug-likeness (QED) is 0.741. The smallest absolute Gasteiger partial charge is 0.399 e. The van der Waals surface area contributed by atoms with Gasteiger partial charge in [-0.25, -0.2) is 9.97 Å². The van der Waals surface area contributed by atoms with Crippen LogP contribution in [0.1, 0.15) is 40.5 Å². The van der Waals surface area contributed by atoms with Crippen LogP contribution in [-0.4, -0.2) is 60.5 Å². The molecule has 1 atom stereocenters. The molecule has 1 aromatic rings. The second-order valence-electron chi connectivity index (χ2n) is 7.93. The molecule has 2 aliphatic rings. The molecule has 0 saturated carbocycles. The zero-order valence-corrected chi connectivity index (χ0v) is 15.8. The molecule has 2 fully saturated rings. The Morgan fingerprint density at radius 1 is 1.24 bits per heavy atom. The molecule has 138 valence electrons. The van der Waals surface area contributed by atoms with Crippen molar-refractivity contribution in [2.24, 2.45) is 5.73 Å². The molecule has 8 heteroatoms. The van der Waals surface area contributed by atoms with Gasteiger partial charge in [-0.05, 0) is 40.5 Å². The third-order valence-corrected chi connectivity index (χ3v) is 5.47. The predicted octanol–water partition coefficient (Wildman–Crippen LogP) is 0.293. The molecule has 0 radical (unpaired) electrons. The van der Waals surface area contributed by atoms with E-state index in [2.05, 4.69) is 20.2 Å². The number of hydrogen-bond donors (Lipinski definition) is 2. The number of nitrogens with one attached hydrogen (secondary N) is 1. The Balaban J connectivity index is 1.65. The van der Waals surface area contributed by atoms with Crippen molar-refractivity contribution in [3.63, 3.8) is 0 Å². The first kappa shape index (κ1) is 18.6. The van der Waals surface area contributed by atoms with E-state index in [4.69, 9.17) is 15.0 Å². The Bertz CT molecular complexity index is 565. The maximum Gasteiger partial charge on any atom is 0.498 e. The number of piperidine rings is 1. The van der Waals surface area contributed by atoms with Gasteiger partial charge < -0.3 is 25.3 Å². The summed E-state index contributed by atoms with van der Waals surface area (Å²) in [5, 5.41) is 3.48. The number of nitrogens with zero attached hydrogens (tertiary/aromatic N) is 3. The largest absolute Gasteiger partial charge is 0.498 e. The third kappa shape index (κ3) is 3.97. The van der Waals surface area contributed by atoms with Gasteiger partial charge in [0.05, 0.1) is 11.2 Å². The van der Waals surface area contributed by atoms with Gasteiger partial charge in [-0.3, -0.25) is 0 Å². The summed E-state index contributed by atoms with van der Waals surface area (Å²) < 4.78 is 12.1. The Kier molecular flexibility index (Phi) is 5.34. The summed E-state index contributed by atoms with van der Waals surface area (Å²) in [6, 6.07) is 0.448. The van der Waals surface area contributed by atoms with Gasteiger partial charge >= 0.3 is 7.12 Å². The molecule has 2 aliphatic heterocycles. The molecule has 0 spiro atoms. The van der Waals surface area contributed by atoms with E-state index < -0.39 is 7.12 Å². The summed E-state index contributed by atoms with van der Waals surface area (Å²) in [4.78, 5) is 11.3. The highest BCUT2D eigenvalue weighted by atomic mass is 16.7. The van der Waals surface area contributed by atoms with Gasteiger partial charge in [0, 0.05) is 50.1 Å². The molecule has 0 bridgehead atoms. The lowest BCUT2D eigenvalue weighted by molar-refractivity contribution is 0.00578. The summed E-state index contributed by atoms with van der Waals surface area (Å²) in [6.07, 6.45) is 5.94. The van der Waals surface area contributed by atoms with Crippen molar-refractivity contribution in [3.05, 3.63) is 12.4 Å². The molecule has 0 aliphatic carbocycles. The lowest BCUT2D eigenvalue weighted by Gasteiger charge is -2.33. The van der Waals surface area contributed by atoms with Gasteiger partial charge in [-0.2, -0.15) is 0 Å². The predicted molar refractivity (Wildman–Crippen MR) is 100 cm³/mol. The minimum Gasteiger partial charge on any atom is -0.399 e. The Morgan fingerprint density at radius 2 is 1.88 bits per heavy atom. The van der Waals surface area contributed by atoms with E-state index in [1.165, 1.54) is 6.42 Å². The van der Waals surface area contributed by atoms with Crippen LogP contribution < -0.4 is 21.4 Å². The number of anilines is 1. The highest BCUT2D eigenvalue weighted by Gasteiger charge is 2.52. The fourth-order valence-corrected chi connectivity index (χ4v) is 3.21. The zero-order valence-electron chi connectivity index (χ0n) is 15.8. The molecule has 3 rings (SSSR count). The maximum absolute atomic E-state index is 6.06. The van der Waals surface area contributed by atoms with Crippen molar-refractivity contribution in [2.45, 2.75) is 57.8 Å². The highest BCUT2D eigenvalue weighted by Crippen LogP contribution is 2.36. The summed E-state index contributed by atoms with van der Waals surface area (Å²) in [5.41, 5.74) is 5.73. The van der Waals surface area contributed by atoms with E-state index in [1.807, 2.05) is 40.1 Å². The lowest BCUT2D eigenvalue weighted by atomic mass is 9.81. The SMILES string of the molecule is CC1(C)OB(c2cnc(N3CCC[C@H](NCCN)C3)nc2)OC1(C)C. The summed E-state index contributed by atoms with van der Waals surface area (Å²) >= 11 is 0. The first-order chi connectivity index (χ1) is 11.8. The molecule has 0 amide bonds. The molecule has 3 N–H and O–H groups in total. The van der Waals surface area contributed by atoms with Crippen LogP contribution in [0.4, 0.5) is 5.95 Å². The van der Waals surface area contributed by atoms with E-state index >= 15 is 0 Å². The summed E-state index contributed by atoms with van der Waals surface area (Å²) in [6.45, 7) is 11.6. The zero-order chi connectivity index (χ0) is 18.1. The van der Waals surface area contributed by atoms with Crippen molar-refractivity contribution >= 4 is 18.5 Å². The Labute approximate surface area is 150 Å². The van der Waals surface area contributed by atoms with Gasteiger partial charge in [-0.1, -0.05) is 0 Å². The average Bonchev–Trinajstić information content (AvgIpc) is 2.81. The topological polar surface area (TPSA) is 85.5 Å². The van der Waals surface area contributed by atoms with E-state index in [9.17, 15) is 0 Å². The van der Waals surface area contributed by atoms with Crippen LogP contribution in [0.3, 0.4) is 0 Å². The van der Waals surface area contributed by atoms with Crippen LogP contribution in [0.15, 0.2) is 12.4 Å². The molecule has 0 aromatic carbocycles. The molecular formula is C17H30BN5O2. The normalized spacial score (nSPS) is 25.4. The highest BCUT2D eigenvalue weighted by molar-refractivity contribution is 6.61. The molecule has 2 saturated heterocycles. The van der Waals surface area contributed by atoms with Gasteiger partial charge in [0.2, 0.25) is 5.95 Å². The molecular weight excluding hydrogens is 317 g/mol. The number of aromatic nitrogens is 2. The van der Waals surface area contributed by atoms with Crippen LogP contribution in [0.5, 0.6) is 0 Å². The van der Waals surface area contributed by atoms with Crippen molar-refractivity contribution < 1.29 is 9.31 Å². The number of rotatable bonds is 5. The summed E-state index contributed by atoms with van der Waals surface area (Å²) in [5.74, 6) is 0.763. The van der Waals surface area contributed by atoms with Crippen molar-refractivity contribution in [1.29, 1.82) is 0 Å². The van der Waals surface area contributed by atoms with E-state index in [-0.39, 0.29) is 11.2 Å². The fraction of sp³-hybridized carbons (Fsp3) is 0.765. The van der Waals surface area contributed by atoms with Crippen molar-refractivity contribution in [3.8, 4) is 0 Å². The summed E-state index contributed by atoms with van der Waals surface area (Å²) in [7, 11) is -0.417. The first-order valence-electron chi connectivity index (χ1n) is 9.18. The molecule has 0 unspecified atom stereocenters. The standard InChI is InChI=1S/C17H30BN5O2/c1-16(2)17(3,4)25-18(24-16)13-10-21-15(22-11-13)23-9-5-6-14(12-23)20-8-7-19/h10-11,14,20H,5-9,12,19H2,1-4H3/t14-/m0/s1. The molecule has 3 heterocycles. The van der Waals surface area contributed by atoms with E-state index in [0.717, 1.165) is 37.5 Å². The van der Waals surface area contributed by atoms with Gasteiger partial charge in [-0.15, -0.1) is 0 Å². The van der Waals surface area contributed by atoms with Crippen LogP contribution in [0.2, 0.25) is 0 Å². The van der Waals surface area contributed by atoms with Crippen molar-refractivity contribution in [2.75, 3.05) is 31.1 Å². The Morgan fingerprint density at radius 3 is 2.48 bits per heavy atom. The Hall–Kier alpha value is -1.22. The fourth-order valence-electron chi connectivity index (χ4n) is 3.21. The minimum atomic E-state index is -0.417. The average molecular weight is 347 g/mol. The van der Waals surface area contributed by atoms with E-state index in [1.54, 1.807) is 0 Å². The maximum atomic E-state index is 6.06.